The first-order valence-corrected chi connectivity index (χ1v) is 5.74. The lowest BCUT2D eigenvalue weighted by Gasteiger charge is -1.95. The van der Waals surface area contributed by atoms with Crippen molar-refractivity contribution < 1.29 is 14.0 Å². The minimum absolute atomic E-state index is 0.192. The van der Waals surface area contributed by atoms with Gasteiger partial charge in [-0.15, -0.1) is 0 Å². The molecule has 4 heteroatoms. The lowest BCUT2D eigenvalue weighted by molar-refractivity contribution is 0.434. The van der Waals surface area contributed by atoms with E-state index in [1.165, 1.54) is 12.1 Å². The van der Waals surface area contributed by atoms with Gasteiger partial charge >= 0.3 is 0 Å². The molecule has 0 saturated heterocycles. The van der Waals surface area contributed by atoms with Crippen LogP contribution in [0, 0.1) is 5.82 Å². The largest absolute Gasteiger partial charge is 0.508 e. The zero-order valence-corrected chi connectivity index (χ0v) is 9.88. The summed E-state index contributed by atoms with van der Waals surface area (Å²) in [5.41, 5.74) is 2.10. The van der Waals surface area contributed by atoms with Crippen molar-refractivity contribution in [1.82, 2.24) is 5.16 Å². The molecular weight excluding hydrogens is 245 g/mol. The monoisotopic (exact) mass is 255 g/mol. The summed E-state index contributed by atoms with van der Waals surface area (Å²) < 4.78 is 18.3. The van der Waals surface area contributed by atoms with Gasteiger partial charge in [-0.3, -0.25) is 0 Å². The van der Waals surface area contributed by atoms with E-state index in [1.54, 1.807) is 42.5 Å². The minimum Gasteiger partial charge on any atom is -0.508 e. The van der Waals surface area contributed by atoms with E-state index in [2.05, 4.69) is 5.16 Å². The van der Waals surface area contributed by atoms with Gasteiger partial charge in [-0.05, 0) is 36.4 Å². The van der Waals surface area contributed by atoms with Crippen LogP contribution in [0.4, 0.5) is 4.39 Å². The molecule has 0 spiro atoms. The van der Waals surface area contributed by atoms with Crippen molar-refractivity contribution in [1.29, 1.82) is 0 Å². The molecule has 0 unspecified atom stereocenters. The van der Waals surface area contributed by atoms with Crippen LogP contribution in [0.15, 0.2) is 59.1 Å². The SMILES string of the molecule is Oc1ccc(-c2cc(-c3cccc(F)c3)on2)cc1. The highest BCUT2D eigenvalue weighted by Crippen LogP contribution is 2.27. The third kappa shape index (κ3) is 2.33. The Kier molecular flexibility index (Phi) is 2.76. The molecule has 0 aliphatic rings. The Bertz CT molecular complexity index is 704. The predicted molar refractivity (Wildman–Crippen MR) is 69.0 cm³/mol. The van der Waals surface area contributed by atoms with E-state index in [0.717, 1.165) is 5.56 Å². The molecule has 0 saturated carbocycles. The Labute approximate surface area is 108 Å². The van der Waals surface area contributed by atoms with Crippen LogP contribution in [0.5, 0.6) is 5.75 Å². The smallest absolute Gasteiger partial charge is 0.167 e. The number of phenols is 1. The minimum atomic E-state index is -0.319. The van der Waals surface area contributed by atoms with Crippen molar-refractivity contribution in [3.05, 3.63) is 60.4 Å². The van der Waals surface area contributed by atoms with Crippen LogP contribution in [0.3, 0.4) is 0 Å². The van der Waals surface area contributed by atoms with E-state index in [9.17, 15) is 9.50 Å². The highest BCUT2D eigenvalue weighted by molar-refractivity contribution is 5.67. The first-order chi connectivity index (χ1) is 9.22. The zero-order valence-electron chi connectivity index (χ0n) is 9.88. The molecule has 0 aliphatic carbocycles. The summed E-state index contributed by atoms with van der Waals surface area (Å²) in [6, 6.07) is 14.5. The van der Waals surface area contributed by atoms with Crippen molar-refractivity contribution in [2.75, 3.05) is 0 Å². The summed E-state index contributed by atoms with van der Waals surface area (Å²) in [4.78, 5) is 0. The average Bonchev–Trinajstić information content (AvgIpc) is 2.89. The molecule has 0 bridgehead atoms. The molecule has 2 aromatic carbocycles. The van der Waals surface area contributed by atoms with Gasteiger partial charge in [0.2, 0.25) is 0 Å². The molecule has 3 aromatic rings. The van der Waals surface area contributed by atoms with Crippen molar-refractivity contribution >= 4 is 0 Å². The van der Waals surface area contributed by atoms with Gasteiger partial charge in [0.15, 0.2) is 5.76 Å². The molecule has 3 rings (SSSR count). The van der Waals surface area contributed by atoms with E-state index in [-0.39, 0.29) is 11.6 Å². The first-order valence-electron chi connectivity index (χ1n) is 5.74. The Morgan fingerprint density at radius 2 is 1.74 bits per heavy atom. The highest BCUT2D eigenvalue weighted by atomic mass is 19.1. The molecule has 94 valence electrons. The summed E-state index contributed by atoms with van der Waals surface area (Å²) in [5, 5.41) is 13.2. The Hall–Kier alpha value is -2.62. The maximum absolute atomic E-state index is 13.1. The third-order valence-corrected chi connectivity index (χ3v) is 2.78. The molecule has 1 heterocycles. The average molecular weight is 255 g/mol. The fourth-order valence-corrected chi connectivity index (χ4v) is 1.82. The van der Waals surface area contributed by atoms with Gasteiger partial charge < -0.3 is 9.63 Å². The number of benzene rings is 2. The summed E-state index contributed by atoms with van der Waals surface area (Å²) >= 11 is 0. The van der Waals surface area contributed by atoms with Crippen LogP contribution >= 0.6 is 0 Å². The summed E-state index contributed by atoms with van der Waals surface area (Å²) in [6.45, 7) is 0. The van der Waals surface area contributed by atoms with Crippen molar-refractivity contribution in [3.8, 4) is 28.3 Å². The summed E-state index contributed by atoms with van der Waals surface area (Å²) in [5.74, 6) is 0.375. The molecule has 1 N–H and O–H groups in total. The van der Waals surface area contributed by atoms with E-state index >= 15 is 0 Å². The number of rotatable bonds is 2. The fourth-order valence-electron chi connectivity index (χ4n) is 1.82. The molecule has 1 aromatic heterocycles. The van der Waals surface area contributed by atoms with E-state index in [1.807, 2.05) is 0 Å². The maximum atomic E-state index is 13.1. The lowest BCUT2D eigenvalue weighted by Crippen LogP contribution is -1.76. The standard InChI is InChI=1S/C15H10FNO2/c16-12-3-1-2-11(8-12)15-9-14(17-19-15)10-4-6-13(18)7-5-10/h1-9,18H. The molecule has 0 atom stereocenters. The molecule has 0 amide bonds. The van der Waals surface area contributed by atoms with Gasteiger partial charge in [-0.2, -0.15) is 0 Å². The van der Waals surface area contributed by atoms with Crippen LogP contribution < -0.4 is 0 Å². The number of hydrogen-bond donors (Lipinski definition) is 1. The van der Waals surface area contributed by atoms with E-state index in [0.29, 0.717) is 17.0 Å². The van der Waals surface area contributed by atoms with Crippen molar-refractivity contribution in [3.63, 3.8) is 0 Å². The Morgan fingerprint density at radius 3 is 2.47 bits per heavy atom. The molecule has 0 radical (unpaired) electrons. The Balaban J connectivity index is 1.97. The number of phenolic OH excluding ortho intramolecular Hbond substituents is 1. The normalized spacial score (nSPS) is 10.6. The number of hydrogen-bond acceptors (Lipinski definition) is 3. The molecule has 0 aliphatic heterocycles. The molecule has 19 heavy (non-hydrogen) atoms. The molecule has 0 fully saturated rings. The quantitative estimate of drug-likeness (QED) is 0.756. The van der Waals surface area contributed by atoms with Crippen LogP contribution in [-0.4, -0.2) is 10.3 Å². The number of halogens is 1. The molecular formula is C15H10FNO2. The highest BCUT2D eigenvalue weighted by Gasteiger charge is 2.09. The van der Waals surface area contributed by atoms with Crippen molar-refractivity contribution in [2.45, 2.75) is 0 Å². The van der Waals surface area contributed by atoms with E-state index in [4.69, 9.17) is 4.52 Å². The van der Waals surface area contributed by atoms with Gasteiger partial charge in [-0.25, -0.2) is 4.39 Å². The van der Waals surface area contributed by atoms with Gasteiger partial charge in [-0.1, -0.05) is 17.3 Å². The fraction of sp³-hybridized carbons (Fsp3) is 0. The van der Waals surface area contributed by atoms with Gasteiger partial charge in [0.05, 0.1) is 0 Å². The van der Waals surface area contributed by atoms with Gasteiger partial charge in [0.25, 0.3) is 0 Å². The summed E-state index contributed by atoms with van der Waals surface area (Å²) in [7, 11) is 0. The van der Waals surface area contributed by atoms with Gasteiger partial charge in [0, 0.05) is 17.2 Å². The number of nitrogens with zero attached hydrogens (tertiary/aromatic N) is 1. The van der Waals surface area contributed by atoms with Crippen LogP contribution in [0.25, 0.3) is 22.6 Å². The van der Waals surface area contributed by atoms with Crippen LogP contribution in [-0.2, 0) is 0 Å². The summed E-state index contributed by atoms with van der Waals surface area (Å²) in [6.07, 6.45) is 0. The topological polar surface area (TPSA) is 46.3 Å². The maximum Gasteiger partial charge on any atom is 0.167 e. The number of aromatic nitrogens is 1. The Morgan fingerprint density at radius 1 is 0.947 bits per heavy atom. The first kappa shape index (κ1) is 11.5. The zero-order chi connectivity index (χ0) is 13.2. The number of aromatic hydroxyl groups is 1. The third-order valence-electron chi connectivity index (χ3n) is 2.78. The molecule has 3 nitrogen and oxygen atoms in total. The van der Waals surface area contributed by atoms with Crippen LogP contribution in [0.1, 0.15) is 0 Å². The lowest BCUT2D eigenvalue weighted by atomic mass is 10.1. The van der Waals surface area contributed by atoms with E-state index < -0.39 is 0 Å². The van der Waals surface area contributed by atoms with Crippen LogP contribution in [0.2, 0.25) is 0 Å². The second-order valence-corrected chi connectivity index (χ2v) is 4.13. The second-order valence-electron chi connectivity index (χ2n) is 4.13. The predicted octanol–water partition coefficient (Wildman–Crippen LogP) is 3.85. The van der Waals surface area contributed by atoms with Crippen molar-refractivity contribution in [2.24, 2.45) is 0 Å². The van der Waals surface area contributed by atoms with Gasteiger partial charge in [0.1, 0.15) is 17.3 Å². The second kappa shape index (κ2) is 4.57.